The number of rotatable bonds is 9. The molecule has 0 atom stereocenters. The summed E-state index contributed by atoms with van der Waals surface area (Å²) in [5, 5.41) is 5.78. The highest BCUT2D eigenvalue weighted by Crippen LogP contribution is 2.24. The van der Waals surface area contributed by atoms with Crippen molar-refractivity contribution >= 4 is 50.8 Å². The first kappa shape index (κ1) is 23.5. The number of anilines is 1. The number of ether oxygens (including phenoxy) is 1. The first-order chi connectivity index (χ1) is 16.5. The summed E-state index contributed by atoms with van der Waals surface area (Å²) in [6, 6.07) is 16.4. The molecule has 2 heterocycles. The fourth-order valence-electron chi connectivity index (χ4n) is 3.38. The number of aryl methyl sites for hydroxylation is 1. The van der Waals surface area contributed by atoms with Crippen molar-refractivity contribution in [2.75, 3.05) is 18.2 Å². The number of primary amides is 1. The molecule has 0 aliphatic heterocycles. The molecular formula is C24H22N4O4S2. The topological polar surface area (TPSA) is 116 Å². The van der Waals surface area contributed by atoms with Crippen molar-refractivity contribution in [2.24, 2.45) is 5.73 Å². The van der Waals surface area contributed by atoms with Crippen LogP contribution in [0.5, 0.6) is 5.75 Å². The van der Waals surface area contributed by atoms with Crippen molar-refractivity contribution in [1.82, 2.24) is 9.55 Å². The van der Waals surface area contributed by atoms with Gasteiger partial charge in [-0.05, 0) is 47.7 Å². The van der Waals surface area contributed by atoms with Crippen LogP contribution in [-0.2, 0) is 17.8 Å². The molecule has 34 heavy (non-hydrogen) atoms. The van der Waals surface area contributed by atoms with E-state index in [1.165, 1.54) is 23.1 Å². The average Bonchev–Trinajstić information content (AvgIpc) is 3.31. The van der Waals surface area contributed by atoms with E-state index in [1.54, 1.807) is 41.3 Å². The molecular weight excluding hydrogens is 472 g/mol. The number of carbonyl (C=O) groups is 2. The van der Waals surface area contributed by atoms with E-state index in [0.717, 1.165) is 11.3 Å². The minimum absolute atomic E-state index is 0.0173. The van der Waals surface area contributed by atoms with Gasteiger partial charge in [0.1, 0.15) is 10.8 Å². The quantitative estimate of drug-likeness (QED) is 0.272. The number of aromatic nitrogens is 2. The maximum atomic E-state index is 13.2. The van der Waals surface area contributed by atoms with Crippen LogP contribution in [0, 0.1) is 0 Å². The minimum atomic E-state index is -0.604. The van der Waals surface area contributed by atoms with E-state index in [-0.39, 0.29) is 22.8 Å². The molecule has 0 radical (unpaired) electrons. The van der Waals surface area contributed by atoms with Crippen molar-refractivity contribution in [1.29, 1.82) is 0 Å². The van der Waals surface area contributed by atoms with Gasteiger partial charge in [-0.15, -0.1) is 11.3 Å². The number of fused-ring (bicyclic) bond motifs is 1. The van der Waals surface area contributed by atoms with Gasteiger partial charge in [0.25, 0.3) is 11.5 Å². The van der Waals surface area contributed by atoms with E-state index in [1.807, 2.05) is 30.3 Å². The number of hydrogen-bond acceptors (Lipinski definition) is 7. The predicted octanol–water partition coefficient (Wildman–Crippen LogP) is 3.54. The van der Waals surface area contributed by atoms with Gasteiger partial charge in [-0.2, -0.15) is 0 Å². The summed E-state index contributed by atoms with van der Waals surface area (Å²) in [4.78, 5) is 41.9. The highest BCUT2D eigenvalue weighted by atomic mass is 32.2. The molecule has 4 rings (SSSR count). The minimum Gasteiger partial charge on any atom is -0.497 e. The lowest BCUT2D eigenvalue weighted by molar-refractivity contribution is -0.113. The third-order valence-corrected chi connectivity index (χ3v) is 6.93. The van der Waals surface area contributed by atoms with Gasteiger partial charge in [-0.25, -0.2) is 4.98 Å². The molecule has 0 saturated carbocycles. The zero-order valence-corrected chi connectivity index (χ0v) is 19.9. The summed E-state index contributed by atoms with van der Waals surface area (Å²) >= 11 is 2.39. The SMILES string of the molecule is COc1ccc(CCn2c(SCC(=O)Nc3sccc3C(N)=O)nc3ccccc3c2=O)cc1. The second-order valence-electron chi connectivity index (χ2n) is 7.33. The van der Waals surface area contributed by atoms with Gasteiger partial charge in [0.05, 0.1) is 29.3 Å². The molecule has 0 saturated heterocycles. The molecule has 0 aliphatic carbocycles. The van der Waals surface area contributed by atoms with Gasteiger partial charge in [-0.3, -0.25) is 19.0 Å². The van der Waals surface area contributed by atoms with E-state index in [9.17, 15) is 14.4 Å². The van der Waals surface area contributed by atoms with Gasteiger partial charge in [0.2, 0.25) is 5.91 Å². The first-order valence-electron chi connectivity index (χ1n) is 10.4. The van der Waals surface area contributed by atoms with E-state index >= 15 is 0 Å². The standard InChI is InChI=1S/C24H22N4O4S2/c1-32-16-8-6-15(7-9-16)10-12-28-23(31)17-4-2-3-5-19(17)26-24(28)34-14-20(29)27-22-18(21(25)30)11-13-33-22/h2-9,11,13H,10,12,14H2,1H3,(H2,25,30)(H,27,29). The largest absolute Gasteiger partial charge is 0.497 e. The number of nitrogens with one attached hydrogen (secondary N) is 1. The zero-order valence-electron chi connectivity index (χ0n) is 18.3. The Hall–Kier alpha value is -3.63. The highest BCUT2D eigenvalue weighted by Gasteiger charge is 2.16. The second kappa shape index (κ2) is 10.5. The van der Waals surface area contributed by atoms with Crippen LogP contribution in [-0.4, -0.2) is 34.2 Å². The van der Waals surface area contributed by atoms with E-state index in [0.29, 0.717) is 34.0 Å². The Kier molecular flexibility index (Phi) is 7.29. The molecule has 0 bridgehead atoms. The molecule has 174 valence electrons. The number of carbonyl (C=O) groups excluding carboxylic acids is 2. The van der Waals surface area contributed by atoms with Gasteiger partial charge in [-0.1, -0.05) is 36.0 Å². The lowest BCUT2D eigenvalue weighted by Crippen LogP contribution is -2.25. The number of para-hydroxylation sites is 1. The fourth-order valence-corrected chi connectivity index (χ4v) is 5.01. The van der Waals surface area contributed by atoms with Crippen LogP contribution < -0.4 is 21.3 Å². The smallest absolute Gasteiger partial charge is 0.262 e. The van der Waals surface area contributed by atoms with E-state index in [2.05, 4.69) is 10.3 Å². The number of nitrogens with zero attached hydrogens (tertiary/aromatic N) is 2. The van der Waals surface area contributed by atoms with Gasteiger partial charge in [0.15, 0.2) is 5.16 Å². The van der Waals surface area contributed by atoms with Crippen molar-refractivity contribution < 1.29 is 14.3 Å². The Morgan fingerprint density at radius 2 is 1.91 bits per heavy atom. The third-order valence-electron chi connectivity index (χ3n) is 5.13. The van der Waals surface area contributed by atoms with Crippen LogP contribution >= 0.6 is 23.1 Å². The van der Waals surface area contributed by atoms with Crippen LogP contribution in [0.3, 0.4) is 0 Å². The lowest BCUT2D eigenvalue weighted by Gasteiger charge is -2.13. The number of thiophene rings is 1. The number of thioether (sulfide) groups is 1. The number of amides is 2. The number of nitrogens with two attached hydrogens (primary N) is 1. The van der Waals surface area contributed by atoms with Crippen molar-refractivity contribution in [3.05, 3.63) is 81.5 Å². The molecule has 0 fully saturated rings. The Morgan fingerprint density at radius 1 is 1.15 bits per heavy atom. The molecule has 0 spiro atoms. The first-order valence-corrected chi connectivity index (χ1v) is 12.2. The summed E-state index contributed by atoms with van der Waals surface area (Å²) in [7, 11) is 1.61. The number of methoxy groups -OCH3 is 1. The second-order valence-corrected chi connectivity index (χ2v) is 9.19. The Bertz CT molecular complexity index is 1400. The molecule has 2 aromatic heterocycles. The predicted molar refractivity (Wildman–Crippen MR) is 135 cm³/mol. The molecule has 3 N–H and O–H groups in total. The number of hydrogen-bond donors (Lipinski definition) is 2. The maximum absolute atomic E-state index is 13.2. The Labute approximate surface area is 203 Å². The third kappa shape index (κ3) is 5.29. The van der Waals surface area contributed by atoms with Crippen LogP contribution in [0.1, 0.15) is 15.9 Å². The summed E-state index contributed by atoms with van der Waals surface area (Å²) in [6.07, 6.45) is 0.612. The normalized spacial score (nSPS) is 10.9. The molecule has 8 nitrogen and oxygen atoms in total. The lowest BCUT2D eigenvalue weighted by atomic mass is 10.1. The molecule has 10 heteroatoms. The average molecular weight is 495 g/mol. The zero-order chi connectivity index (χ0) is 24.1. The van der Waals surface area contributed by atoms with Crippen LogP contribution in [0.15, 0.2) is 69.9 Å². The van der Waals surface area contributed by atoms with Gasteiger partial charge >= 0.3 is 0 Å². The van der Waals surface area contributed by atoms with Crippen molar-refractivity contribution in [2.45, 2.75) is 18.1 Å². The molecule has 2 aromatic carbocycles. The van der Waals surface area contributed by atoms with Gasteiger partial charge < -0.3 is 15.8 Å². The molecule has 0 unspecified atom stereocenters. The van der Waals surface area contributed by atoms with Crippen LogP contribution in [0.25, 0.3) is 10.9 Å². The van der Waals surface area contributed by atoms with Crippen LogP contribution in [0.2, 0.25) is 0 Å². The van der Waals surface area contributed by atoms with Gasteiger partial charge in [0, 0.05) is 6.54 Å². The van der Waals surface area contributed by atoms with Crippen molar-refractivity contribution in [3.8, 4) is 5.75 Å². The summed E-state index contributed by atoms with van der Waals surface area (Å²) in [6.45, 7) is 0.406. The van der Waals surface area contributed by atoms with E-state index < -0.39 is 5.91 Å². The summed E-state index contributed by atoms with van der Waals surface area (Å²) in [5.41, 5.74) is 7.08. The molecule has 0 aliphatic rings. The highest BCUT2D eigenvalue weighted by molar-refractivity contribution is 7.99. The van der Waals surface area contributed by atoms with Crippen molar-refractivity contribution in [3.63, 3.8) is 0 Å². The maximum Gasteiger partial charge on any atom is 0.262 e. The Morgan fingerprint density at radius 3 is 2.65 bits per heavy atom. The summed E-state index contributed by atoms with van der Waals surface area (Å²) < 4.78 is 6.80. The number of benzene rings is 2. The molecule has 2 amide bonds. The fraction of sp³-hybridized carbons (Fsp3) is 0.167. The van der Waals surface area contributed by atoms with Crippen LogP contribution in [0.4, 0.5) is 5.00 Å². The van der Waals surface area contributed by atoms with E-state index in [4.69, 9.17) is 10.5 Å². The Balaban J connectivity index is 1.55. The molecule has 4 aromatic rings. The summed E-state index contributed by atoms with van der Waals surface area (Å²) in [5.74, 6) is -0.142. The monoisotopic (exact) mass is 494 g/mol.